The Balaban J connectivity index is 1.92. The molecule has 2 N–H and O–H groups in total. The normalized spacial score (nSPS) is 16.8. The maximum atomic E-state index is 13.4. The van der Waals surface area contributed by atoms with Crippen LogP contribution in [0.3, 0.4) is 0 Å². The molecule has 1 aliphatic rings. The molecule has 1 aliphatic heterocycles. The molecule has 0 radical (unpaired) electrons. The van der Waals surface area contributed by atoms with Crippen LogP contribution < -0.4 is 16.2 Å². The van der Waals surface area contributed by atoms with E-state index in [-0.39, 0.29) is 18.8 Å². The molecule has 1 fully saturated rings. The van der Waals surface area contributed by atoms with Crippen LogP contribution in [-0.4, -0.2) is 45.1 Å². The first-order chi connectivity index (χ1) is 17.3. The Morgan fingerprint density at radius 3 is 2.64 bits per heavy atom. The van der Waals surface area contributed by atoms with Crippen LogP contribution in [0.15, 0.2) is 47.4 Å². The first kappa shape index (κ1) is 27.2. The fourth-order valence-electron chi connectivity index (χ4n) is 3.90. The van der Waals surface area contributed by atoms with Crippen LogP contribution in [-0.2, 0) is 26.2 Å². The van der Waals surface area contributed by atoms with Gasteiger partial charge in [-0.15, -0.1) is 0 Å². The van der Waals surface area contributed by atoms with Crippen molar-refractivity contribution in [3.05, 3.63) is 58.7 Å². The van der Waals surface area contributed by atoms with Crippen molar-refractivity contribution in [3.8, 4) is 5.88 Å². The predicted octanol–water partition coefficient (Wildman–Crippen LogP) is 2.84. The number of ether oxygens (including phenoxy) is 1. The van der Waals surface area contributed by atoms with Gasteiger partial charge in [-0.1, -0.05) is 56.3 Å². The van der Waals surface area contributed by atoms with Crippen molar-refractivity contribution in [2.75, 3.05) is 11.6 Å². The van der Waals surface area contributed by atoms with Gasteiger partial charge in [0.25, 0.3) is 5.91 Å². The number of rotatable bonds is 11. The number of aryl methyl sites for hydroxylation is 1. The third-order valence-electron chi connectivity index (χ3n) is 5.91. The number of benzene rings is 1. The molecule has 0 unspecified atom stereocenters. The van der Waals surface area contributed by atoms with E-state index >= 15 is 0 Å². The van der Waals surface area contributed by atoms with E-state index in [1.54, 1.807) is 6.08 Å². The van der Waals surface area contributed by atoms with Crippen LogP contribution in [0.5, 0.6) is 5.88 Å². The standard InChI is InChI=1S/C26H36N4O6/c1-19(2)15-16-22(31)29(30-23(32)18-28(3)26(30)34)21(13-9-12-20-10-5-4-6-11-20)25(33)27-36-24-14-7-8-17-35-24/h4-6,9-12,18-19,21,24,32H,7-8,13-17H2,1-3H3,(H,27,33)/t21-,24+/m0/s1. The molecule has 3 rings (SSSR count). The minimum Gasteiger partial charge on any atom is -0.492 e. The molecule has 0 spiro atoms. The molecule has 10 heteroatoms. The number of aromatic nitrogens is 2. The van der Waals surface area contributed by atoms with E-state index in [1.807, 2.05) is 50.3 Å². The number of aromatic hydroxyl groups is 1. The van der Waals surface area contributed by atoms with E-state index in [4.69, 9.17) is 9.57 Å². The topological polar surface area (TPSA) is 115 Å². The third-order valence-corrected chi connectivity index (χ3v) is 5.91. The van der Waals surface area contributed by atoms with Crippen molar-refractivity contribution in [2.24, 2.45) is 13.0 Å². The number of hydrogen-bond donors (Lipinski definition) is 2. The van der Waals surface area contributed by atoms with Crippen molar-refractivity contribution in [2.45, 2.75) is 64.7 Å². The van der Waals surface area contributed by atoms with Gasteiger partial charge in [-0.3, -0.25) is 14.2 Å². The molecule has 2 amide bonds. The monoisotopic (exact) mass is 500 g/mol. The summed E-state index contributed by atoms with van der Waals surface area (Å²) in [6, 6.07) is 8.34. The summed E-state index contributed by atoms with van der Waals surface area (Å²) >= 11 is 0. The van der Waals surface area contributed by atoms with E-state index in [1.165, 1.54) is 13.2 Å². The van der Waals surface area contributed by atoms with Crippen LogP contribution >= 0.6 is 0 Å². The number of imidazole rings is 1. The molecule has 2 heterocycles. The van der Waals surface area contributed by atoms with E-state index in [0.717, 1.165) is 32.7 Å². The Labute approximate surface area is 211 Å². The first-order valence-electron chi connectivity index (χ1n) is 12.4. The zero-order valence-corrected chi connectivity index (χ0v) is 21.1. The number of hydroxylamine groups is 1. The van der Waals surface area contributed by atoms with Gasteiger partial charge in [0, 0.05) is 26.5 Å². The van der Waals surface area contributed by atoms with Crippen molar-refractivity contribution < 1.29 is 24.3 Å². The van der Waals surface area contributed by atoms with E-state index in [9.17, 15) is 19.5 Å². The summed E-state index contributed by atoms with van der Waals surface area (Å²) in [5.41, 5.74) is 2.69. The minimum absolute atomic E-state index is 0.0732. The fourth-order valence-corrected chi connectivity index (χ4v) is 3.90. The molecule has 36 heavy (non-hydrogen) atoms. The average Bonchev–Trinajstić information content (AvgIpc) is 3.12. The first-order valence-corrected chi connectivity index (χ1v) is 12.4. The van der Waals surface area contributed by atoms with E-state index in [0.29, 0.717) is 19.4 Å². The van der Waals surface area contributed by atoms with Crippen molar-refractivity contribution in [1.82, 2.24) is 14.7 Å². The second-order valence-electron chi connectivity index (χ2n) is 9.31. The number of hydrogen-bond acceptors (Lipinski definition) is 6. The number of nitrogens with zero attached hydrogens (tertiary/aromatic N) is 3. The number of carbonyl (C=O) groups excluding carboxylic acids is 2. The molecule has 1 saturated heterocycles. The van der Waals surface area contributed by atoms with E-state index < -0.39 is 35.7 Å². The Morgan fingerprint density at radius 2 is 2.03 bits per heavy atom. The van der Waals surface area contributed by atoms with Crippen molar-refractivity contribution in [1.29, 1.82) is 0 Å². The summed E-state index contributed by atoms with van der Waals surface area (Å²) in [5.74, 6) is -1.31. The number of nitrogens with one attached hydrogen (secondary N) is 1. The molecular formula is C26H36N4O6. The van der Waals surface area contributed by atoms with Crippen molar-refractivity contribution in [3.63, 3.8) is 0 Å². The van der Waals surface area contributed by atoms with Gasteiger partial charge in [0.1, 0.15) is 6.04 Å². The molecule has 0 bridgehead atoms. The lowest BCUT2D eigenvalue weighted by Gasteiger charge is -2.31. The van der Waals surface area contributed by atoms with Gasteiger partial charge in [0.05, 0.1) is 6.20 Å². The molecule has 0 saturated carbocycles. The van der Waals surface area contributed by atoms with Gasteiger partial charge in [0.15, 0.2) is 6.29 Å². The quantitative estimate of drug-likeness (QED) is 0.459. The van der Waals surface area contributed by atoms with Gasteiger partial charge in [-0.25, -0.2) is 20.1 Å². The summed E-state index contributed by atoms with van der Waals surface area (Å²) < 4.78 is 7.52. The Hall–Kier alpha value is -3.37. The summed E-state index contributed by atoms with van der Waals surface area (Å²) in [7, 11) is 1.46. The van der Waals surface area contributed by atoms with Gasteiger partial charge in [0.2, 0.25) is 11.8 Å². The lowest BCUT2D eigenvalue weighted by Crippen LogP contribution is -2.58. The molecule has 2 aromatic rings. The summed E-state index contributed by atoms with van der Waals surface area (Å²) in [5, 5.41) is 11.6. The smallest absolute Gasteiger partial charge is 0.350 e. The molecule has 0 aliphatic carbocycles. The fraction of sp³-hybridized carbons (Fsp3) is 0.500. The summed E-state index contributed by atoms with van der Waals surface area (Å²) in [6.45, 7) is 4.50. The van der Waals surface area contributed by atoms with Crippen LogP contribution in [0.4, 0.5) is 0 Å². The van der Waals surface area contributed by atoms with Crippen molar-refractivity contribution >= 4 is 17.9 Å². The van der Waals surface area contributed by atoms with Gasteiger partial charge < -0.3 is 9.84 Å². The minimum atomic E-state index is -1.17. The van der Waals surface area contributed by atoms with Gasteiger partial charge in [-0.05, 0) is 37.2 Å². The molecule has 196 valence electrons. The molecular weight excluding hydrogens is 464 g/mol. The van der Waals surface area contributed by atoms with Crippen LogP contribution in [0.25, 0.3) is 6.08 Å². The molecule has 1 aromatic carbocycles. The molecule has 10 nitrogen and oxygen atoms in total. The van der Waals surface area contributed by atoms with E-state index in [2.05, 4.69) is 5.48 Å². The maximum absolute atomic E-state index is 13.4. The highest BCUT2D eigenvalue weighted by molar-refractivity contribution is 5.95. The predicted molar refractivity (Wildman–Crippen MR) is 135 cm³/mol. The zero-order valence-electron chi connectivity index (χ0n) is 21.1. The lowest BCUT2D eigenvalue weighted by atomic mass is 10.1. The third kappa shape index (κ3) is 7.32. The van der Waals surface area contributed by atoms with Gasteiger partial charge in [-0.2, -0.15) is 4.68 Å². The molecule has 2 atom stereocenters. The number of carbonyl (C=O) groups is 2. The van der Waals surface area contributed by atoms with Gasteiger partial charge >= 0.3 is 5.69 Å². The highest BCUT2D eigenvalue weighted by Gasteiger charge is 2.34. The summed E-state index contributed by atoms with van der Waals surface area (Å²) in [6.07, 6.45) is 7.40. The summed E-state index contributed by atoms with van der Waals surface area (Å²) in [4.78, 5) is 45.2. The Kier molecular flexibility index (Phi) is 9.89. The average molecular weight is 501 g/mol. The highest BCUT2D eigenvalue weighted by Crippen LogP contribution is 2.17. The zero-order chi connectivity index (χ0) is 26.1. The number of amides is 2. The SMILES string of the molecule is CC(C)CCC(=O)N([C@@H](CC=Cc1ccccc1)C(=O)NO[C@@H]1CCCCO1)n1c(O)cn(C)c1=O. The van der Waals surface area contributed by atoms with Crippen LogP contribution in [0.2, 0.25) is 0 Å². The van der Waals surface area contributed by atoms with Crippen LogP contribution in [0.1, 0.15) is 57.9 Å². The Morgan fingerprint density at radius 1 is 1.28 bits per heavy atom. The second-order valence-corrected chi connectivity index (χ2v) is 9.31. The Bertz CT molecular complexity index is 1090. The lowest BCUT2D eigenvalue weighted by molar-refractivity contribution is -0.201. The maximum Gasteiger partial charge on any atom is 0.350 e. The van der Waals surface area contributed by atoms with Crippen LogP contribution in [0, 0.1) is 5.92 Å². The highest BCUT2D eigenvalue weighted by atomic mass is 16.8. The second kappa shape index (κ2) is 13.1. The largest absolute Gasteiger partial charge is 0.492 e. The molecule has 1 aromatic heterocycles.